The van der Waals surface area contributed by atoms with Gasteiger partial charge in [0.2, 0.25) is 0 Å². The van der Waals surface area contributed by atoms with Gasteiger partial charge in [-0.3, -0.25) is 0 Å². The molecule has 2 N–H and O–H groups in total. The van der Waals surface area contributed by atoms with Crippen molar-refractivity contribution in [2.75, 3.05) is 47.1 Å². The normalized spacial score (nSPS) is 14.4. The standard InChI is InChI=1S/C56H112NO7P/c1-6-9-11-13-15-17-19-21-23-25-27-29-31-33-35-37-39-41-43-45-50-62-52-54(53-64-65(60,61)55(47-8-3)57(4,5)49-48-56(58)59)63-51-46-44-42-40-38-36-34-32-30-28-26-24-22-20-18-16-14-12-10-7-2/h21-24,54-56,58-59H,6-20,25-53H2,1-5H3/b23-21-,24-22-/t54-,55?/m1/s1. The number of nitrogens with zero attached hydrogens (tertiary/aromatic N) is 1. The Bertz CT molecular complexity index is 1070. The van der Waals surface area contributed by atoms with E-state index in [1.807, 2.05) is 21.0 Å². The number of ether oxygens (including phenoxy) is 2. The highest BCUT2D eigenvalue weighted by atomic mass is 31.2. The summed E-state index contributed by atoms with van der Waals surface area (Å²) < 4.78 is 31.8. The molecular formula is C56H112NO7P. The van der Waals surface area contributed by atoms with Gasteiger partial charge in [0.05, 0.1) is 33.9 Å². The van der Waals surface area contributed by atoms with Gasteiger partial charge in [-0.05, 0) is 70.6 Å². The summed E-state index contributed by atoms with van der Waals surface area (Å²) in [5, 5.41) is 18.9. The second kappa shape index (κ2) is 48.5. The van der Waals surface area contributed by atoms with E-state index in [-0.39, 0.29) is 17.5 Å². The van der Waals surface area contributed by atoms with Crippen LogP contribution in [0, 0.1) is 0 Å². The van der Waals surface area contributed by atoms with Gasteiger partial charge in [-0.25, -0.2) is 0 Å². The van der Waals surface area contributed by atoms with Gasteiger partial charge in [-0.15, -0.1) is 0 Å². The SMILES string of the molecule is CCCCCCCC/C=C\CCCCCCCCCCCCOC[C@H](COP(=O)([O-])C(CCC)[N+](C)(C)CCC(O)O)OCCCCCCCCCCCC/C=C\CCCCCCCC. The van der Waals surface area contributed by atoms with Crippen molar-refractivity contribution in [1.82, 2.24) is 0 Å². The molecule has 0 heterocycles. The van der Waals surface area contributed by atoms with E-state index in [1.165, 1.54) is 205 Å². The predicted octanol–water partition coefficient (Wildman–Crippen LogP) is 16.1. The fourth-order valence-corrected chi connectivity index (χ4v) is 10.8. The zero-order valence-corrected chi connectivity index (χ0v) is 44.9. The maximum Gasteiger partial charge on any atom is 0.193 e. The molecule has 9 heteroatoms. The number of hydrogen-bond donors (Lipinski definition) is 2. The Morgan fingerprint density at radius 1 is 0.477 bits per heavy atom. The van der Waals surface area contributed by atoms with Gasteiger partial charge in [-0.1, -0.05) is 212 Å². The van der Waals surface area contributed by atoms with Crippen molar-refractivity contribution >= 4 is 7.60 Å². The van der Waals surface area contributed by atoms with Crippen LogP contribution in [0.25, 0.3) is 0 Å². The van der Waals surface area contributed by atoms with Crippen LogP contribution in [-0.2, 0) is 18.6 Å². The van der Waals surface area contributed by atoms with Gasteiger partial charge in [0.25, 0.3) is 0 Å². The number of aliphatic hydroxyl groups excluding tert-OH is 1. The fraction of sp³-hybridized carbons (Fsp3) is 0.929. The smallest absolute Gasteiger partial charge is 0.193 e. The number of aliphatic hydroxyl groups is 2. The van der Waals surface area contributed by atoms with E-state index < -0.39 is 25.8 Å². The highest BCUT2D eigenvalue weighted by Crippen LogP contribution is 2.48. The number of rotatable bonds is 53. The first-order valence-electron chi connectivity index (χ1n) is 28.2. The Balaban J connectivity index is 4.40. The van der Waals surface area contributed by atoms with E-state index in [0.717, 1.165) is 25.7 Å². The molecule has 0 radical (unpaired) electrons. The molecule has 65 heavy (non-hydrogen) atoms. The number of hydrogen-bond acceptors (Lipinski definition) is 7. The lowest BCUT2D eigenvalue weighted by Crippen LogP contribution is -2.51. The van der Waals surface area contributed by atoms with Crippen LogP contribution < -0.4 is 4.89 Å². The van der Waals surface area contributed by atoms with Crippen molar-refractivity contribution in [1.29, 1.82) is 0 Å². The molecule has 0 aromatic heterocycles. The Hall–Kier alpha value is -0.570. The molecule has 0 fully saturated rings. The molecule has 0 saturated carbocycles. The van der Waals surface area contributed by atoms with E-state index in [0.29, 0.717) is 39.2 Å². The van der Waals surface area contributed by atoms with Crippen LogP contribution in [-0.4, -0.2) is 79.9 Å². The lowest BCUT2D eigenvalue weighted by Gasteiger charge is -2.44. The van der Waals surface area contributed by atoms with E-state index in [4.69, 9.17) is 14.0 Å². The minimum Gasteiger partial charge on any atom is -0.774 e. The van der Waals surface area contributed by atoms with E-state index >= 15 is 0 Å². The maximum absolute atomic E-state index is 13.6. The topological polar surface area (TPSA) is 108 Å². The van der Waals surface area contributed by atoms with Crippen LogP contribution in [0.1, 0.15) is 271 Å². The number of unbranched alkanes of at least 4 members (excludes halogenated alkanes) is 32. The molecule has 0 rings (SSSR count). The van der Waals surface area contributed by atoms with Gasteiger partial charge < -0.3 is 38.2 Å². The van der Waals surface area contributed by atoms with Gasteiger partial charge in [0.1, 0.15) is 6.10 Å². The Labute approximate surface area is 405 Å². The molecule has 0 aromatic rings. The molecule has 0 amide bonds. The summed E-state index contributed by atoms with van der Waals surface area (Å²) >= 11 is 0. The first-order chi connectivity index (χ1) is 31.6. The zero-order valence-electron chi connectivity index (χ0n) is 44.0. The van der Waals surface area contributed by atoms with Crippen molar-refractivity contribution in [3.05, 3.63) is 24.3 Å². The molecule has 0 aromatic carbocycles. The van der Waals surface area contributed by atoms with Crippen molar-refractivity contribution < 1.29 is 38.2 Å². The predicted molar refractivity (Wildman–Crippen MR) is 278 cm³/mol. The van der Waals surface area contributed by atoms with Crippen LogP contribution in [0.5, 0.6) is 0 Å². The Morgan fingerprint density at radius 2 is 0.831 bits per heavy atom. The monoisotopic (exact) mass is 942 g/mol. The second-order valence-electron chi connectivity index (χ2n) is 20.1. The molecule has 0 spiro atoms. The van der Waals surface area contributed by atoms with E-state index in [9.17, 15) is 19.7 Å². The first-order valence-corrected chi connectivity index (χ1v) is 29.8. The van der Waals surface area contributed by atoms with Crippen molar-refractivity contribution in [3.63, 3.8) is 0 Å². The maximum atomic E-state index is 13.6. The summed E-state index contributed by atoms with van der Waals surface area (Å²) in [6.45, 7) is 8.30. The summed E-state index contributed by atoms with van der Waals surface area (Å²) in [5.41, 5.74) is 0. The third-order valence-corrected chi connectivity index (χ3v) is 15.4. The van der Waals surface area contributed by atoms with Crippen LogP contribution in [0.15, 0.2) is 24.3 Å². The van der Waals surface area contributed by atoms with E-state index in [2.05, 4.69) is 38.2 Å². The molecule has 0 aliphatic heterocycles. The average molecular weight is 942 g/mol. The van der Waals surface area contributed by atoms with Crippen LogP contribution in [0.2, 0.25) is 0 Å². The van der Waals surface area contributed by atoms with Gasteiger partial charge in [0.15, 0.2) is 19.7 Å². The molecule has 0 bridgehead atoms. The number of quaternary nitrogens is 1. The quantitative estimate of drug-likeness (QED) is 0.0206. The third-order valence-electron chi connectivity index (χ3n) is 13.2. The van der Waals surface area contributed by atoms with Crippen molar-refractivity contribution in [2.24, 2.45) is 0 Å². The van der Waals surface area contributed by atoms with Crippen LogP contribution >= 0.6 is 7.60 Å². The third kappa shape index (κ3) is 44.4. The molecule has 3 atom stereocenters. The Morgan fingerprint density at radius 3 is 1.20 bits per heavy atom. The van der Waals surface area contributed by atoms with Crippen molar-refractivity contribution in [3.8, 4) is 0 Å². The summed E-state index contributed by atoms with van der Waals surface area (Å²) in [5.74, 6) is -0.777. The molecule has 0 aliphatic carbocycles. The van der Waals surface area contributed by atoms with Crippen LogP contribution in [0.3, 0.4) is 0 Å². The summed E-state index contributed by atoms with van der Waals surface area (Å²) in [7, 11) is -0.653. The molecular weight excluding hydrogens is 830 g/mol. The molecule has 0 aliphatic rings. The fourth-order valence-electron chi connectivity index (χ4n) is 8.84. The van der Waals surface area contributed by atoms with Crippen molar-refractivity contribution in [2.45, 2.75) is 289 Å². The summed E-state index contributed by atoms with van der Waals surface area (Å²) in [6.07, 6.45) is 55.6. The highest BCUT2D eigenvalue weighted by Gasteiger charge is 2.38. The molecule has 388 valence electrons. The lowest BCUT2D eigenvalue weighted by atomic mass is 10.1. The molecule has 0 saturated heterocycles. The molecule has 8 nitrogen and oxygen atoms in total. The highest BCUT2D eigenvalue weighted by molar-refractivity contribution is 7.51. The lowest BCUT2D eigenvalue weighted by molar-refractivity contribution is -0.905. The second-order valence-corrected chi connectivity index (χ2v) is 22.1. The van der Waals surface area contributed by atoms with Gasteiger partial charge in [0, 0.05) is 26.1 Å². The van der Waals surface area contributed by atoms with Gasteiger partial charge >= 0.3 is 0 Å². The molecule has 2 unspecified atom stereocenters. The average Bonchev–Trinajstić information content (AvgIpc) is 3.28. The minimum absolute atomic E-state index is 0.0605. The van der Waals surface area contributed by atoms with E-state index in [1.54, 1.807) is 0 Å². The summed E-state index contributed by atoms with van der Waals surface area (Å²) in [4.78, 5) is 13.6. The minimum atomic E-state index is -4.30. The summed E-state index contributed by atoms with van der Waals surface area (Å²) in [6, 6.07) is 0. The Kier molecular flexibility index (Phi) is 48.0. The zero-order chi connectivity index (χ0) is 47.8. The largest absolute Gasteiger partial charge is 0.774 e. The van der Waals surface area contributed by atoms with Crippen LogP contribution in [0.4, 0.5) is 0 Å². The van der Waals surface area contributed by atoms with Gasteiger partial charge in [-0.2, -0.15) is 0 Å². The first kappa shape index (κ1) is 64.4. The number of allylic oxidation sites excluding steroid dienone is 4.